The molecule has 0 spiro atoms. The van der Waals surface area contributed by atoms with Crippen molar-refractivity contribution < 1.29 is 0 Å². The van der Waals surface area contributed by atoms with Crippen molar-refractivity contribution in [1.29, 1.82) is 0 Å². The number of hydrogen-bond acceptors (Lipinski definition) is 2. The Kier molecular flexibility index (Phi) is 3.14. The molecule has 2 heteroatoms. The van der Waals surface area contributed by atoms with Gasteiger partial charge in [0, 0.05) is 0 Å². The fourth-order valence-electron chi connectivity index (χ4n) is 1.98. The van der Waals surface area contributed by atoms with E-state index in [9.17, 15) is 0 Å². The molecule has 2 unspecified atom stereocenters. The van der Waals surface area contributed by atoms with Crippen LogP contribution in [0.4, 0.5) is 0 Å². The lowest BCUT2D eigenvalue weighted by atomic mass is 9.99. The van der Waals surface area contributed by atoms with Crippen LogP contribution in [0.5, 0.6) is 0 Å². The van der Waals surface area contributed by atoms with Crippen molar-refractivity contribution in [3.8, 4) is 0 Å². The summed E-state index contributed by atoms with van der Waals surface area (Å²) in [6, 6.07) is 0.505. The summed E-state index contributed by atoms with van der Waals surface area (Å²) in [5.41, 5.74) is 2.34. The van der Waals surface area contributed by atoms with Gasteiger partial charge < -0.3 is 0 Å². The fraction of sp³-hybridized carbons (Fsp3) is 0.538. The highest BCUT2D eigenvalue weighted by atomic mass is 15.0. The second-order valence-corrected chi connectivity index (χ2v) is 4.14. The molecule has 0 saturated heterocycles. The van der Waals surface area contributed by atoms with Crippen LogP contribution < -0.4 is 0 Å². The maximum atomic E-state index is 4.77. The molecule has 0 radical (unpaired) electrons. The quantitative estimate of drug-likeness (QED) is 0.672. The molecule has 2 atom stereocenters. The van der Waals surface area contributed by atoms with Crippen molar-refractivity contribution in [3.05, 3.63) is 24.3 Å². The number of rotatable bonds is 3. The van der Waals surface area contributed by atoms with Crippen molar-refractivity contribution >= 4 is 11.4 Å². The minimum atomic E-state index is 0.250. The Bertz CT molecular complexity index is 348. The monoisotopic (exact) mass is 202 g/mol. The molecule has 0 saturated carbocycles. The lowest BCUT2D eigenvalue weighted by Crippen LogP contribution is -2.30. The van der Waals surface area contributed by atoms with E-state index in [1.165, 1.54) is 18.6 Å². The van der Waals surface area contributed by atoms with Crippen LogP contribution in [-0.4, -0.2) is 23.5 Å². The van der Waals surface area contributed by atoms with Gasteiger partial charge in [0.25, 0.3) is 0 Å². The number of aliphatic imine (C=N–C) groups is 2. The molecule has 0 aromatic rings. The van der Waals surface area contributed by atoms with Crippen LogP contribution in [0.25, 0.3) is 0 Å². The molecule has 0 aromatic carbocycles. The average molecular weight is 202 g/mol. The highest BCUT2D eigenvalue weighted by Crippen LogP contribution is 2.18. The van der Waals surface area contributed by atoms with E-state index in [1.54, 1.807) is 0 Å². The Labute approximate surface area is 91.5 Å². The zero-order valence-electron chi connectivity index (χ0n) is 9.48. The summed E-state index contributed by atoms with van der Waals surface area (Å²) in [4.78, 5) is 9.46. The van der Waals surface area contributed by atoms with Crippen molar-refractivity contribution in [2.24, 2.45) is 9.98 Å². The molecule has 2 aliphatic rings. The Morgan fingerprint density at radius 2 is 1.80 bits per heavy atom. The summed E-state index contributed by atoms with van der Waals surface area (Å²) < 4.78 is 0. The molecular formula is C13H18N2. The molecule has 0 N–H and O–H groups in total. The van der Waals surface area contributed by atoms with Gasteiger partial charge in [0.15, 0.2) is 0 Å². The fourth-order valence-corrected chi connectivity index (χ4v) is 1.98. The van der Waals surface area contributed by atoms with Gasteiger partial charge in [-0.1, -0.05) is 37.6 Å². The third kappa shape index (κ3) is 2.25. The minimum Gasteiger partial charge on any atom is -0.278 e. The minimum absolute atomic E-state index is 0.250. The predicted molar refractivity (Wildman–Crippen MR) is 65.9 cm³/mol. The van der Waals surface area contributed by atoms with Gasteiger partial charge in [-0.2, -0.15) is 0 Å². The molecule has 0 bridgehead atoms. The van der Waals surface area contributed by atoms with Gasteiger partial charge in [-0.05, 0) is 19.8 Å². The summed E-state index contributed by atoms with van der Waals surface area (Å²) >= 11 is 0. The second-order valence-electron chi connectivity index (χ2n) is 4.14. The standard InChI is InChI=1S/C13H18N2/c1-3-4-7-11-10(2)14-12-8-5-6-9-13(12)15-11/h5-6,8-9,12-13H,3-4,7H2,1-2H3. The predicted octanol–water partition coefficient (Wildman–Crippen LogP) is 2.96. The van der Waals surface area contributed by atoms with Gasteiger partial charge in [-0.15, -0.1) is 0 Å². The van der Waals surface area contributed by atoms with E-state index < -0.39 is 0 Å². The van der Waals surface area contributed by atoms with Crippen LogP contribution in [0.2, 0.25) is 0 Å². The van der Waals surface area contributed by atoms with Gasteiger partial charge in [-0.3, -0.25) is 9.98 Å². The van der Waals surface area contributed by atoms with E-state index in [0.29, 0.717) is 0 Å². The smallest absolute Gasteiger partial charge is 0.0946 e. The highest BCUT2D eigenvalue weighted by molar-refractivity contribution is 6.42. The van der Waals surface area contributed by atoms with Crippen molar-refractivity contribution in [2.75, 3.05) is 0 Å². The van der Waals surface area contributed by atoms with E-state index in [4.69, 9.17) is 4.99 Å². The first-order valence-electron chi connectivity index (χ1n) is 5.77. The molecule has 80 valence electrons. The Hall–Kier alpha value is -1.18. The molecule has 15 heavy (non-hydrogen) atoms. The number of fused-ring (bicyclic) bond motifs is 1. The molecule has 2 rings (SSSR count). The lowest BCUT2D eigenvalue weighted by molar-refractivity contribution is 0.689. The maximum absolute atomic E-state index is 4.77. The molecule has 1 heterocycles. The number of nitrogens with zero attached hydrogens (tertiary/aromatic N) is 2. The molecular weight excluding hydrogens is 184 g/mol. The van der Waals surface area contributed by atoms with E-state index >= 15 is 0 Å². The van der Waals surface area contributed by atoms with E-state index in [0.717, 1.165) is 12.1 Å². The first-order chi connectivity index (χ1) is 7.31. The normalized spacial score (nSPS) is 28.4. The summed E-state index contributed by atoms with van der Waals surface area (Å²) in [5, 5.41) is 0. The Morgan fingerprint density at radius 1 is 1.13 bits per heavy atom. The van der Waals surface area contributed by atoms with Crippen molar-refractivity contribution in [3.63, 3.8) is 0 Å². The van der Waals surface area contributed by atoms with Crippen LogP contribution in [0.15, 0.2) is 34.3 Å². The summed E-state index contributed by atoms with van der Waals surface area (Å²) in [7, 11) is 0. The van der Waals surface area contributed by atoms with Crippen LogP contribution in [0.3, 0.4) is 0 Å². The van der Waals surface area contributed by atoms with Gasteiger partial charge >= 0.3 is 0 Å². The number of hydrogen-bond donors (Lipinski definition) is 0. The molecule has 0 fully saturated rings. The number of allylic oxidation sites excluding steroid dienone is 2. The van der Waals surface area contributed by atoms with E-state index in [2.05, 4.69) is 43.1 Å². The van der Waals surface area contributed by atoms with Gasteiger partial charge in [0.05, 0.1) is 23.5 Å². The average Bonchev–Trinajstić information content (AvgIpc) is 2.26. The first kappa shape index (κ1) is 10.3. The van der Waals surface area contributed by atoms with Gasteiger partial charge in [0.1, 0.15) is 0 Å². The van der Waals surface area contributed by atoms with E-state index in [1.807, 2.05) is 0 Å². The largest absolute Gasteiger partial charge is 0.278 e. The zero-order valence-corrected chi connectivity index (χ0v) is 9.48. The Balaban J connectivity index is 2.13. The molecule has 2 nitrogen and oxygen atoms in total. The topological polar surface area (TPSA) is 24.7 Å². The summed E-state index contributed by atoms with van der Waals surface area (Å²) in [5.74, 6) is 0. The third-order valence-electron chi connectivity index (χ3n) is 2.91. The van der Waals surface area contributed by atoms with Crippen LogP contribution in [0.1, 0.15) is 33.1 Å². The SMILES string of the molecule is CCCCC1=NC2C=CC=CC2N=C1C. The first-order valence-corrected chi connectivity index (χ1v) is 5.77. The molecule has 1 aliphatic carbocycles. The van der Waals surface area contributed by atoms with Crippen molar-refractivity contribution in [2.45, 2.75) is 45.2 Å². The van der Waals surface area contributed by atoms with Gasteiger partial charge in [0.2, 0.25) is 0 Å². The second kappa shape index (κ2) is 4.56. The molecule has 0 amide bonds. The maximum Gasteiger partial charge on any atom is 0.0946 e. The lowest BCUT2D eigenvalue weighted by Gasteiger charge is -2.24. The Morgan fingerprint density at radius 3 is 2.47 bits per heavy atom. The summed E-state index contributed by atoms with van der Waals surface area (Å²) in [6.45, 7) is 4.29. The molecule has 1 aliphatic heterocycles. The van der Waals surface area contributed by atoms with Crippen molar-refractivity contribution in [1.82, 2.24) is 0 Å². The van der Waals surface area contributed by atoms with Crippen LogP contribution in [0, 0.1) is 0 Å². The van der Waals surface area contributed by atoms with E-state index in [-0.39, 0.29) is 12.1 Å². The third-order valence-corrected chi connectivity index (χ3v) is 2.91. The molecule has 0 aromatic heterocycles. The van der Waals surface area contributed by atoms with Crippen LogP contribution >= 0.6 is 0 Å². The number of unbranched alkanes of at least 4 members (excludes halogenated alkanes) is 1. The zero-order chi connectivity index (χ0) is 10.7. The van der Waals surface area contributed by atoms with Gasteiger partial charge in [-0.25, -0.2) is 0 Å². The summed E-state index contributed by atoms with van der Waals surface area (Å²) in [6.07, 6.45) is 11.9. The van der Waals surface area contributed by atoms with Crippen LogP contribution in [-0.2, 0) is 0 Å². The highest BCUT2D eigenvalue weighted by Gasteiger charge is 2.22.